The zero-order valence-electron chi connectivity index (χ0n) is 18.0. The maximum Gasteiger partial charge on any atom is 0.237 e. The van der Waals surface area contributed by atoms with Crippen molar-refractivity contribution in [2.45, 2.75) is 18.9 Å². The molecule has 0 fully saturated rings. The topological polar surface area (TPSA) is 187 Å². The Balaban J connectivity index is 1.71. The lowest BCUT2D eigenvalue weighted by Gasteiger charge is -2.15. The van der Waals surface area contributed by atoms with Gasteiger partial charge in [-0.05, 0) is 60.8 Å². The summed E-state index contributed by atoms with van der Waals surface area (Å²) in [4.78, 5) is 38.9. The summed E-state index contributed by atoms with van der Waals surface area (Å²) in [6.45, 7) is -0.0958. The molecule has 33 heavy (non-hydrogen) atoms. The number of primary amides is 1. The Bertz CT molecular complexity index is 1170. The number of phenolic OH excluding ortho intramolecular Hbond substituents is 1. The van der Waals surface area contributed by atoms with Gasteiger partial charge in [0.2, 0.25) is 17.6 Å². The van der Waals surface area contributed by atoms with Crippen LogP contribution in [0.1, 0.15) is 21.5 Å². The van der Waals surface area contributed by atoms with E-state index in [4.69, 9.17) is 21.9 Å². The molecule has 0 saturated carbocycles. The molecule has 10 nitrogen and oxygen atoms in total. The van der Waals surface area contributed by atoms with Gasteiger partial charge >= 0.3 is 0 Å². The molecular formula is C23H27N5O5. The van der Waals surface area contributed by atoms with Crippen LogP contribution in [0.4, 0.5) is 0 Å². The number of aromatic nitrogens is 1. The Labute approximate surface area is 190 Å². The van der Waals surface area contributed by atoms with Crippen molar-refractivity contribution in [1.29, 1.82) is 0 Å². The molecule has 0 aliphatic rings. The molecule has 1 atom stereocenters. The average molecular weight is 453 g/mol. The van der Waals surface area contributed by atoms with E-state index in [9.17, 15) is 19.5 Å². The van der Waals surface area contributed by atoms with Gasteiger partial charge in [0.05, 0.1) is 12.6 Å². The Morgan fingerprint density at radius 1 is 1.12 bits per heavy atom. The second kappa shape index (κ2) is 10.6. The zero-order valence-corrected chi connectivity index (χ0v) is 18.0. The smallest absolute Gasteiger partial charge is 0.237 e. The molecular weight excluding hydrogens is 426 g/mol. The van der Waals surface area contributed by atoms with Crippen molar-refractivity contribution in [3.8, 4) is 11.5 Å². The minimum Gasteiger partial charge on any atom is -0.508 e. The van der Waals surface area contributed by atoms with E-state index in [2.05, 4.69) is 10.3 Å². The van der Waals surface area contributed by atoms with Gasteiger partial charge in [-0.2, -0.15) is 0 Å². The number of hydrogen-bond acceptors (Lipinski definition) is 7. The van der Waals surface area contributed by atoms with Gasteiger partial charge in [-0.15, -0.1) is 0 Å². The normalized spacial score (nSPS) is 11.8. The first-order chi connectivity index (χ1) is 15.8. The van der Waals surface area contributed by atoms with E-state index in [0.29, 0.717) is 24.3 Å². The number of aromatic amines is 1. The zero-order chi connectivity index (χ0) is 24.0. The Kier molecular flexibility index (Phi) is 7.65. The van der Waals surface area contributed by atoms with Crippen LogP contribution in [0.2, 0.25) is 0 Å². The van der Waals surface area contributed by atoms with Gasteiger partial charge in [0.1, 0.15) is 11.5 Å². The third-order valence-electron chi connectivity index (χ3n) is 5.13. The minimum atomic E-state index is -1.02. The first-order valence-electron chi connectivity index (χ1n) is 10.4. The Morgan fingerprint density at radius 3 is 2.64 bits per heavy atom. The summed E-state index contributed by atoms with van der Waals surface area (Å²) >= 11 is 0. The highest BCUT2D eigenvalue weighted by atomic mass is 16.5. The summed E-state index contributed by atoms with van der Waals surface area (Å²) in [5.41, 5.74) is 19.2. The molecule has 0 bridgehead atoms. The van der Waals surface area contributed by atoms with Crippen LogP contribution in [0.25, 0.3) is 10.9 Å². The molecule has 1 heterocycles. The van der Waals surface area contributed by atoms with Gasteiger partial charge < -0.3 is 37.3 Å². The van der Waals surface area contributed by atoms with E-state index in [0.717, 1.165) is 16.5 Å². The number of fused-ring (bicyclic) bond motifs is 1. The van der Waals surface area contributed by atoms with Crippen LogP contribution < -0.4 is 27.3 Å². The standard InChI is InChI=1S/C23H27N5O5/c24-6-5-14-10-27-20-4-3-16(9-17(14)20)33-12-21(30)18-8-15(29)2-1-13(18)7-19(25)23(32)28-11-22(26)31/h1-4,8-10,19,27,29H,5-7,11-12,24-25H2,(H2,26,31)(H,28,32)/t19-/m0/s1. The molecule has 3 rings (SSSR count). The van der Waals surface area contributed by atoms with Crippen LogP contribution in [-0.2, 0) is 22.4 Å². The lowest BCUT2D eigenvalue weighted by Crippen LogP contribution is -2.45. The van der Waals surface area contributed by atoms with Gasteiger partial charge in [0, 0.05) is 22.7 Å². The number of ether oxygens (including phenoxy) is 1. The lowest BCUT2D eigenvalue weighted by atomic mass is 9.97. The minimum absolute atomic E-state index is 0.0176. The number of phenols is 1. The molecule has 0 aliphatic carbocycles. The maximum absolute atomic E-state index is 12.9. The number of benzene rings is 2. The molecule has 0 aliphatic heterocycles. The number of Topliss-reactive ketones (excluding diaryl/α,β-unsaturated/α-hetero) is 1. The molecule has 1 aromatic heterocycles. The van der Waals surface area contributed by atoms with Gasteiger partial charge in [0.25, 0.3) is 0 Å². The van der Waals surface area contributed by atoms with E-state index in [1.54, 1.807) is 6.07 Å². The number of aromatic hydroxyl groups is 1. The van der Waals surface area contributed by atoms with Crippen LogP contribution in [0.15, 0.2) is 42.6 Å². The number of ketones is 1. The number of carbonyl (C=O) groups excluding carboxylic acids is 3. The number of amides is 2. The van der Waals surface area contributed by atoms with E-state index in [1.165, 1.54) is 18.2 Å². The van der Waals surface area contributed by atoms with Gasteiger partial charge in [-0.25, -0.2) is 0 Å². The summed E-state index contributed by atoms with van der Waals surface area (Å²) < 4.78 is 5.71. The van der Waals surface area contributed by atoms with Crippen LogP contribution in [0, 0.1) is 0 Å². The molecule has 3 aromatic rings. The molecule has 0 saturated heterocycles. The number of rotatable bonds is 11. The first-order valence-corrected chi connectivity index (χ1v) is 10.4. The van der Waals surface area contributed by atoms with Crippen LogP contribution >= 0.6 is 0 Å². The predicted octanol–water partition coefficient (Wildman–Crippen LogP) is 0.108. The van der Waals surface area contributed by atoms with Crippen LogP contribution in [-0.4, -0.2) is 53.4 Å². The molecule has 2 aromatic carbocycles. The fourth-order valence-corrected chi connectivity index (χ4v) is 3.47. The highest BCUT2D eigenvalue weighted by Crippen LogP contribution is 2.25. The number of nitrogens with two attached hydrogens (primary N) is 3. The highest BCUT2D eigenvalue weighted by molar-refractivity contribution is 5.99. The van der Waals surface area contributed by atoms with Crippen molar-refractivity contribution < 1.29 is 24.2 Å². The fourth-order valence-electron chi connectivity index (χ4n) is 3.47. The second-order valence-corrected chi connectivity index (χ2v) is 7.61. The Morgan fingerprint density at radius 2 is 1.91 bits per heavy atom. The van der Waals surface area contributed by atoms with Crippen molar-refractivity contribution in [2.24, 2.45) is 17.2 Å². The monoisotopic (exact) mass is 453 g/mol. The molecule has 174 valence electrons. The number of hydrogen-bond donors (Lipinski definition) is 6. The third-order valence-corrected chi connectivity index (χ3v) is 5.13. The predicted molar refractivity (Wildman–Crippen MR) is 123 cm³/mol. The summed E-state index contributed by atoms with van der Waals surface area (Å²) in [7, 11) is 0. The number of carbonyl (C=O) groups is 3. The first kappa shape index (κ1) is 23.8. The highest BCUT2D eigenvalue weighted by Gasteiger charge is 2.20. The summed E-state index contributed by atoms with van der Waals surface area (Å²) in [6.07, 6.45) is 2.63. The SMILES string of the molecule is NCCc1c[nH]c2ccc(OCC(=O)c3cc(O)ccc3C[C@H](N)C(=O)NCC(N)=O)cc12. The summed E-state index contributed by atoms with van der Waals surface area (Å²) in [5.74, 6) is -1.25. The van der Waals surface area contributed by atoms with Gasteiger partial charge in [-0.1, -0.05) is 6.07 Å². The molecule has 9 N–H and O–H groups in total. The van der Waals surface area contributed by atoms with E-state index in [-0.39, 0.29) is 36.7 Å². The Hall–Kier alpha value is -3.89. The van der Waals surface area contributed by atoms with Crippen LogP contribution in [0.5, 0.6) is 11.5 Å². The van der Waals surface area contributed by atoms with E-state index in [1.807, 2.05) is 18.3 Å². The van der Waals surface area contributed by atoms with Crippen LogP contribution in [0.3, 0.4) is 0 Å². The second-order valence-electron chi connectivity index (χ2n) is 7.61. The molecule has 0 spiro atoms. The van der Waals surface area contributed by atoms with Crippen molar-refractivity contribution in [2.75, 3.05) is 19.7 Å². The van der Waals surface area contributed by atoms with Crippen molar-refractivity contribution >= 4 is 28.5 Å². The average Bonchev–Trinajstić information content (AvgIpc) is 3.19. The molecule has 10 heteroatoms. The quantitative estimate of drug-likeness (QED) is 0.222. The van der Waals surface area contributed by atoms with Gasteiger partial charge in [-0.3, -0.25) is 14.4 Å². The van der Waals surface area contributed by atoms with Gasteiger partial charge in [0.15, 0.2) is 6.61 Å². The molecule has 0 radical (unpaired) electrons. The lowest BCUT2D eigenvalue weighted by molar-refractivity contribution is -0.125. The third kappa shape index (κ3) is 6.09. The van der Waals surface area contributed by atoms with Crippen molar-refractivity contribution in [3.05, 3.63) is 59.3 Å². The number of nitrogens with one attached hydrogen (secondary N) is 2. The van der Waals surface area contributed by atoms with Crippen molar-refractivity contribution in [3.63, 3.8) is 0 Å². The fraction of sp³-hybridized carbons (Fsp3) is 0.261. The molecule has 0 unspecified atom stereocenters. The van der Waals surface area contributed by atoms with Crippen molar-refractivity contribution in [1.82, 2.24) is 10.3 Å². The van der Waals surface area contributed by atoms with E-state index < -0.39 is 17.9 Å². The summed E-state index contributed by atoms with van der Waals surface area (Å²) in [6, 6.07) is 8.67. The number of H-pyrrole nitrogens is 1. The maximum atomic E-state index is 12.9. The van der Waals surface area contributed by atoms with E-state index >= 15 is 0 Å². The largest absolute Gasteiger partial charge is 0.508 e. The molecule has 2 amide bonds. The summed E-state index contributed by atoms with van der Waals surface area (Å²) in [5, 5.41) is 13.2.